The van der Waals surface area contributed by atoms with Crippen molar-refractivity contribution in [2.45, 2.75) is 13.0 Å². The fourth-order valence-electron chi connectivity index (χ4n) is 1.95. The van der Waals surface area contributed by atoms with E-state index in [-0.39, 0.29) is 36.5 Å². The van der Waals surface area contributed by atoms with Crippen molar-refractivity contribution in [1.82, 2.24) is 10.2 Å². The minimum absolute atomic E-state index is 0.0497. The Balaban J connectivity index is 1.86. The van der Waals surface area contributed by atoms with E-state index in [9.17, 15) is 14.4 Å². The lowest BCUT2D eigenvalue weighted by Crippen LogP contribution is -2.31. The highest BCUT2D eigenvalue weighted by Crippen LogP contribution is 2.16. The Labute approximate surface area is 109 Å². The maximum Gasteiger partial charge on any atom is 0.371 e. The molecule has 2 heterocycles. The normalized spacial score (nSPS) is 18.7. The molecule has 0 spiro atoms. The summed E-state index contributed by atoms with van der Waals surface area (Å²) in [4.78, 5) is 35.2. The number of rotatable bonds is 4. The number of likely N-dealkylation sites (tertiary alicyclic amines) is 1. The number of carboxylic acid groups (broad SMARTS) is 1. The number of furan rings is 1. The molecule has 1 atom stereocenters. The van der Waals surface area contributed by atoms with Gasteiger partial charge < -0.3 is 19.7 Å². The molecule has 19 heavy (non-hydrogen) atoms. The summed E-state index contributed by atoms with van der Waals surface area (Å²) in [6.45, 7) is 0.518. The monoisotopic (exact) mass is 266 g/mol. The van der Waals surface area contributed by atoms with E-state index in [1.54, 1.807) is 7.05 Å². The molecule has 7 nitrogen and oxygen atoms in total. The number of nitrogens with zero attached hydrogens (tertiary/aromatic N) is 1. The number of carbonyl (C=O) groups is 3. The summed E-state index contributed by atoms with van der Waals surface area (Å²) in [6.07, 6.45) is 0.209. The summed E-state index contributed by atoms with van der Waals surface area (Å²) in [6, 6.07) is 2.83. The van der Waals surface area contributed by atoms with Crippen molar-refractivity contribution >= 4 is 17.8 Å². The van der Waals surface area contributed by atoms with Gasteiger partial charge in [0.25, 0.3) is 0 Å². The van der Waals surface area contributed by atoms with E-state index in [2.05, 4.69) is 5.32 Å². The van der Waals surface area contributed by atoms with Crippen LogP contribution in [0.4, 0.5) is 0 Å². The quantitative estimate of drug-likeness (QED) is 0.803. The second-order valence-electron chi connectivity index (χ2n) is 4.46. The van der Waals surface area contributed by atoms with Crippen molar-refractivity contribution in [1.29, 1.82) is 0 Å². The molecule has 1 saturated heterocycles. The van der Waals surface area contributed by atoms with Crippen LogP contribution in [0.1, 0.15) is 22.7 Å². The standard InChI is InChI=1S/C12H14N2O5/c1-14-6-7(4-10(14)15)11(16)13-5-8-2-3-9(19-8)12(17)18/h2-3,7H,4-6H2,1H3,(H,13,16)(H,17,18)/t7-/m0/s1. The highest BCUT2D eigenvalue weighted by Gasteiger charge is 2.31. The van der Waals surface area contributed by atoms with Crippen molar-refractivity contribution in [2.75, 3.05) is 13.6 Å². The van der Waals surface area contributed by atoms with E-state index in [4.69, 9.17) is 9.52 Å². The van der Waals surface area contributed by atoms with Crippen LogP contribution in [-0.2, 0) is 16.1 Å². The Kier molecular flexibility index (Phi) is 3.55. The van der Waals surface area contributed by atoms with E-state index in [0.29, 0.717) is 12.3 Å². The van der Waals surface area contributed by atoms with Crippen LogP contribution in [0.25, 0.3) is 0 Å². The van der Waals surface area contributed by atoms with Gasteiger partial charge in [0.05, 0.1) is 12.5 Å². The van der Waals surface area contributed by atoms with Crippen LogP contribution in [0.5, 0.6) is 0 Å². The van der Waals surface area contributed by atoms with Gasteiger partial charge >= 0.3 is 5.97 Å². The van der Waals surface area contributed by atoms with Gasteiger partial charge in [-0.05, 0) is 12.1 Å². The third kappa shape index (κ3) is 2.93. The summed E-state index contributed by atoms with van der Waals surface area (Å²) in [5.74, 6) is -1.59. The smallest absolute Gasteiger partial charge is 0.371 e. The van der Waals surface area contributed by atoms with Crippen LogP contribution in [0.3, 0.4) is 0 Å². The van der Waals surface area contributed by atoms with E-state index >= 15 is 0 Å². The molecule has 0 saturated carbocycles. The molecule has 1 aromatic heterocycles. The van der Waals surface area contributed by atoms with Crippen LogP contribution in [0.2, 0.25) is 0 Å². The molecule has 0 bridgehead atoms. The third-order valence-electron chi connectivity index (χ3n) is 3.02. The first kappa shape index (κ1) is 13.1. The van der Waals surface area contributed by atoms with E-state index in [1.807, 2.05) is 0 Å². The zero-order chi connectivity index (χ0) is 14.0. The van der Waals surface area contributed by atoms with E-state index in [1.165, 1.54) is 17.0 Å². The number of nitrogens with one attached hydrogen (secondary N) is 1. The molecule has 2 amide bonds. The number of aromatic carboxylic acids is 1. The van der Waals surface area contributed by atoms with Gasteiger partial charge in [-0.15, -0.1) is 0 Å². The lowest BCUT2D eigenvalue weighted by molar-refractivity contribution is -0.128. The molecule has 1 fully saturated rings. The lowest BCUT2D eigenvalue weighted by Gasteiger charge is -2.10. The van der Waals surface area contributed by atoms with Gasteiger partial charge in [0.15, 0.2) is 0 Å². The summed E-state index contributed by atoms with van der Waals surface area (Å²) >= 11 is 0. The van der Waals surface area contributed by atoms with Gasteiger partial charge in [0, 0.05) is 20.0 Å². The van der Waals surface area contributed by atoms with Gasteiger partial charge in [-0.1, -0.05) is 0 Å². The Bertz CT molecular complexity index is 522. The molecular weight excluding hydrogens is 252 g/mol. The minimum atomic E-state index is -1.15. The number of carbonyl (C=O) groups excluding carboxylic acids is 2. The number of amides is 2. The van der Waals surface area contributed by atoms with Crippen LogP contribution >= 0.6 is 0 Å². The summed E-state index contributed by atoms with van der Waals surface area (Å²) < 4.78 is 5.01. The van der Waals surface area contributed by atoms with Crippen LogP contribution < -0.4 is 5.32 Å². The molecular formula is C12H14N2O5. The maximum absolute atomic E-state index is 11.8. The van der Waals surface area contributed by atoms with Crippen molar-refractivity contribution in [3.05, 3.63) is 23.7 Å². The lowest BCUT2D eigenvalue weighted by atomic mass is 10.1. The molecule has 2 N–H and O–H groups in total. The highest BCUT2D eigenvalue weighted by atomic mass is 16.4. The zero-order valence-electron chi connectivity index (χ0n) is 10.4. The molecule has 1 aromatic rings. The largest absolute Gasteiger partial charge is 0.475 e. The Hall–Kier alpha value is -2.31. The zero-order valence-corrected chi connectivity index (χ0v) is 10.4. The molecule has 7 heteroatoms. The third-order valence-corrected chi connectivity index (χ3v) is 3.02. The number of carboxylic acids is 1. The Morgan fingerprint density at radius 2 is 2.26 bits per heavy atom. The highest BCUT2D eigenvalue weighted by molar-refractivity contribution is 5.89. The van der Waals surface area contributed by atoms with Crippen molar-refractivity contribution in [3.8, 4) is 0 Å². The topological polar surface area (TPSA) is 99.8 Å². The molecule has 1 aliphatic rings. The molecule has 2 rings (SSSR count). The second kappa shape index (κ2) is 5.13. The molecule has 0 unspecified atom stereocenters. The van der Waals surface area contributed by atoms with Gasteiger partial charge in [0.1, 0.15) is 5.76 Å². The SMILES string of the molecule is CN1C[C@@H](C(=O)NCc2ccc(C(=O)O)o2)CC1=O. The molecule has 102 valence electrons. The fraction of sp³-hybridized carbons (Fsp3) is 0.417. The Morgan fingerprint density at radius 3 is 2.79 bits per heavy atom. The fourth-order valence-corrected chi connectivity index (χ4v) is 1.95. The van der Waals surface area contributed by atoms with Gasteiger partial charge in [-0.2, -0.15) is 0 Å². The van der Waals surface area contributed by atoms with Crippen molar-refractivity contribution < 1.29 is 23.9 Å². The molecule has 0 radical (unpaired) electrons. The first-order chi connectivity index (χ1) is 8.97. The summed E-state index contributed by atoms with van der Waals surface area (Å²) in [5, 5.41) is 11.3. The molecule has 1 aliphatic heterocycles. The van der Waals surface area contributed by atoms with E-state index < -0.39 is 5.97 Å². The number of hydrogen-bond donors (Lipinski definition) is 2. The second-order valence-corrected chi connectivity index (χ2v) is 4.46. The predicted molar refractivity (Wildman–Crippen MR) is 63.3 cm³/mol. The summed E-state index contributed by atoms with van der Waals surface area (Å²) in [7, 11) is 1.65. The maximum atomic E-state index is 11.8. The molecule has 0 aliphatic carbocycles. The van der Waals surface area contributed by atoms with Gasteiger partial charge in [-0.25, -0.2) is 4.79 Å². The molecule has 0 aromatic carbocycles. The average Bonchev–Trinajstić information content (AvgIpc) is 2.94. The first-order valence-corrected chi connectivity index (χ1v) is 5.81. The van der Waals surface area contributed by atoms with Crippen molar-refractivity contribution in [3.63, 3.8) is 0 Å². The van der Waals surface area contributed by atoms with E-state index in [0.717, 1.165) is 0 Å². The van der Waals surface area contributed by atoms with Gasteiger partial charge in [0.2, 0.25) is 17.6 Å². The van der Waals surface area contributed by atoms with Crippen molar-refractivity contribution in [2.24, 2.45) is 5.92 Å². The minimum Gasteiger partial charge on any atom is -0.475 e. The van der Waals surface area contributed by atoms with Crippen LogP contribution in [0, 0.1) is 5.92 Å². The Morgan fingerprint density at radius 1 is 1.53 bits per heavy atom. The number of hydrogen-bond acceptors (Lipinski definition) is 4. The average molecular weight is 266 g/mol. The summed E-state index contributed by atoms with van der Waals surface area (Å²) in [5.41, 5.74) is 0. The predicted octanol–water partition coefficient (Wildman–Crippen LogP) is 0.0723. The van der Waals surface area contributed by atoms with Gasteiger partial charge in [-0.3, -0.25) is 9.59 Å². The first-order valence-electron chi connectivity index (χ1n) is 5.81. The van der Waals surface area contributed by atoms with Crippen LogP contribution in [0.15, 0.2) is 16.5 Å². The van der Waals surface area contributed by atoms with Crippen LogP contribution in [-0.4, -0.2) is 41.4 Å².